The molecule has 0 aromatic carbocycles. The Balaban J connectivity index is 1.83. The first kappa shape index (κ1) is 12.9. The van der Waals surface area contributed by atoms with Crippen LogP contribution in [0, 0.1) is 0 Å². The van der Waals surface area contributed by atoms with Crippen molar-refractivity contribution in [2.24, 2.45) is 0 Å². The Labute approximate surface area is 117 Å². The van der Waals surface area contributed by atoms with E-state index in [0.29, 0.717) is 13.1 Å². The number of fused-ring (bicyclic) bond motifs is 3. The molecule has 1 N–H and O–H groups in total. The SMILES string of the molecule is CC(C)(C)OC(=O)N1CCc2c(cnc3[nH]ncc23)C1. The van der Waals surface area contributed by atoms with Gasteiger partial charge in [0.1, 0.15) is 5.60 Å². The van der Waals surface area contributed by atoms with E-state index in [2.05, 4.69) is 15.2 Å². The number of carbonyl (C=O) groups excluding carboxylic acids is 1. The van der Waals surface area contributed by atoms with Crippen molar-refractivity contribution < 1.29 is 9.53 Å². The molecule has 2 aromatic heterocycles. The lowest BCUT2D eigenvalue weighted by Gasteiger charge is -2.31. The molecule has 0 saturated carbocycles. The zero-order valence-electron chi connectivity index (χ0n) is 11.9. The highest BCUT2D eigenvalue weighted by Gasteiger charge is 2.26. The van der Waals surface area contributed by atoms with Crippen LogP contribution in [0.4, 0.5) is 4.79 Å². The van der Waals surface area contributed by atoms with Crippen molar-refractivity contribution in [2.45, 2.75) is 39.3 Å². The van der Waals surface area contributed by atoms with E-state index in [9.17, 15) is 4.79 Å². The summed E-state index contributed by atoms with van der Waals surface area (Å²) in [6, 6.07) is 0. The molecule has 0 unspecified atom stereocenters. The second kappa shape index (κ2) is 4.47. The molecular formula is C14H18N4O2. The van der Waals surface area contributed by atoms with Gasteiger partial charge < -0.3 is 9.64 Å². The van der Waals surface area contributed by atoms with E-state index in [1.807, 2.05) is 27.0 Å². The van der Waals surface area contributed by atoms with Crippen molar-refractivity contribution in [3.63, 3.8) is 0 Å². The summed E-state index contributed by atoms with van der Waals surface area (Å²) >= 11 is 0. The second-order valence-corrected chi connectivity index (χ2v) is 6.05. The Morgan fingerprint density at radius 2 is 2.20 bits per heavy atom. The smallest absolute Gasteiger partial charge is 0.410 e. The fourth-order valence-electron chi connectivity index (χ4n) is 2.44. The molecule has 0 spiro atoms. The van der Waals surface area contributed by atoms with E-state index < -0.39 is 5.60 Å². The van der Waals surface area contributed by atoms with Crippen molar-refractivity contribution in [3.8, 4) is 0 Å². The molecule has 0 atom stereocenters. The number of hydrogen-bond donors (Lipinski definition) is 1. The molecule has 106 valence electrons. The first-order valence-corrected chi connectivity index (χ1v) is 6.72. The van der Waals surface area contributed by atoms with Gasteiger partial charge in [0.05, 0.1) is 12.7 Å². The Bertz CT molecular complexity index is 657. The molecule has 2 aromatic rings. The highest BCUT2D eigenvalue weighted by atomic mass is 16.6. The van der Waals surface area contributed by atoms with E-state index in [4.69, 9.17) is 4.74 Å². The van der Waals surface area contributed by atoms with Crippen molar-refractivity contribution in [3.05, 3.63) is 23.5 Å². The molecule has 0 bridgehead atoms. The van der Waals surface area contributed by atoms with E-state index in [1.165, 1.54) is 5.56 Å². The van der Waals surface area contributed by atoms with Gasteiger partial charge in [0.25, 0.3) is 0 Å². The number of hydrogen-bond acceptors (Lipinski definition) is 4. The van der Waals surface area contributed by atoms with Gasteiger partial charge in [0.15, 0.2) is 5.65 Å². The minimum absolute atomic E-state index is 0.268. The molecule has 0 fully saturated rings. The summed E-state index contributed by atoms with van der Waals surface area (Å²) in [5, 5.41) is 7.94. The molecular weight excluding hydrogens is 256 g/mol. The third-order valence-corrected chi connectivity index (χ3v) is 3.33. The molecule has 1 aliphatic heterocycles. The average molecular weight is 274 g/mol. The summed E-state index contributed by atoms with van der Waals surface area (Å²) in [4.78, 5) is 18.2. The highest BCUT2D eigenvalue weighted by molar-refractivity contribution is 5.80. The predicted octanol–water partition coefficient (Wildman–Crippen LogP) is 2.25. The van der Waals surface area contributed by atoms with Crippen LogP contribution >= 0.6 is 0 Å². The Morgan fingerprint density at radius 3 is 2.95 bits per heavy atom. The van der Waals surface area contributed by atoms with E-state index >= 15 is 0 Å². The number of ether oxygens (including phenoxy) is 1. The Hall–Kier alpha value is -2.11. The fourth-order valence-corrected chi connectivity index (χ4v) is 2.44. The predicted molar refractivity (Wildman–Crippen MR) is 74.2 cm³/mol. The van der Waals surface area contributed by atoms with Crippen LogP contribution in [0.25, 0.3) is 11.0 Å². The minimum Gasteiger partial charge on any atom is -0.444 e. The van der Waals surface area contributed by atoms with E-state index in [-0.39, 0.29) is 6.09 Å². The van der Waals surface area contributed by atoms with Crippen LogP contribution in [0.1, 0.15) is 31.9 Å². The summed E-state index contributed by atoms with van der Waals surface area (Å²) in [6.07, 6.45) is 4.14. The normalized spacial score (nSPS) is 15.2. The zero-order chi connectivity index (χ0) is 14.3. The van der Waals surface area contributed by atoms with Gasteiger partial charge in [-0.3, -0.25) is 5.10 Å². The lowest BCUT2D eigenvalue weighted by molar-refractivity contribution is 0.0224. The van der Waals surface area contributed by atoms with Crippen molar-refractivity contribution in [1.82, 2.24) is 20.1 Å². The van der Waals surface area contributed by atoms with Gasteiger partial charge in [-0.25, -0.2) is 9.78 Å². The molecule has 3 heterocycles. The molecule has 6 heteroatoms. The largest absolute Gasteiger partial charge is 0.444 e. The summed E-state index contributed by atoms with van der Waals surface area (Å²) in [5.41, 5.74) is 2.62. The third kappa shape index (κ3) is 2.33. The second-order valence-electron chi connectivity index (χ2n) is 6.05. The maximum atomic E-state index is 12.1. The molecule has 1 aliphatic rings. The quantitative estimate of drug-likeness (QED) is 0.799. The van der Waals surface area contributed by atoms with Crippen LogP contribution in [-0.4, -0.2) is 38.3 Å². The molecule has 0 aliphatic carbocycles. The first-order chi connectivity index (χ1) is 9.44. The van der Waals surface area contributed by atoms with Gasteiger partial charge in [-0.15, -0.1) is 0 Å². The number of amides is 1. The van der Waals surface area contributed by atoms with Crippen LogP contribution in [0.2, 0.25) is 0 Å². The van der Waals surface area contributed by atoms with Gasteiger partial charge in [0, 0.05) is 18.1 Å². The van der Waals surface area contributed by atoms with Crippen molar-refractivity contribution in [2.75, 3.05) is 6.54 Å². The fraction of sp³-hybridized carbons (Fsp3) is 0.500. The molecule has 20 heavy (non-hydrogen) atoms. The number of aromatic amines is 1. The van der Waals surface area contributed by atoms with Crippen LogP contribution in [0.15, 0.2) is 12.4 Å². The number of aromatic nitrogens is 3. The zero-order valence-corrected chi connectivity index (χ0v) is 11.9. The van der Waals surface area contributed by atoms with Crippen LogP contribution in [0.5, 0.6) is 0 Å². The van der Waals surface area contributed by atoms with Crippen molar-refractivity contribution in [1.29, 1.82) is 0 Å². The summed E-state index contributed by atoms with van der Waals surface area (Å²) in [6.45, 7) is 6.82. The number of H-pyrrole nitrogens is 1. The average Bonchev–Trinajstić information content (AvgIpc) is 2.84. The molecule has 0 saturated heterocycles. The Kier molecular flexibility index (Phi) is 2.88. The standard InChI is InChI=1S/C14H18N4O2/c1-14(2,3)20-13(19)18-5-4-10-9(8-18)6-15-12-11(10)7-16-17-12/h6-7H,4-5,8H2,1-3H3,(H,15,16,17). The highest BCUT2D eigenvalue weighted by Crippen LogP contribution is 2.25. The summed E-state index contributed by atoms with van der Waals surface area (Å²) < 4.78 is 5.41. The number of pyridine rings is 1. The maximum absolute atomic E-state index is 12.1. The molecule has 6 nitrogen and oxygen atoms in total. The molecule has 3 rings (SSSR count). The summed E-state index contributed by atoms with van der Waals surface area (Å²) in [5.74, 6) is 0. The Morgan fingerprint density at radius 1 is 1.40 bits per heavy atom. The van der Waals surface area contributed by atoms with Crippen LogP contribution in [0.3, 0.4) is 0 Å². The van der Waals surface area contributed by atoms with Gasteiger partial charge in [-0.2, -0.15) is 5.10 Å². The number of carbonyl (C=O) groups is 1. The first-order valence-electron chi connectivity index (χ1n) is 6.72. The number of nitrogens with one attached hydrogen (secondary N) is 1. The molecule has 1 amide bonds. The van der Waals surface area contributed by atoms with Gasteiger partial charge in [-0.1, -0.05) is 0 Å². The lowest BCUT2D eigenvalue weighted by atomic mass is 9.99. The van der Waals surface area contributed by atoms with Crippen molar-refractivity contribution >= 4 is 17.1 Å². The maximum Gasteiger partial charge on any atom is 0.410 e. The lowest BCUT2D eigenvalue weighted by Crippen LogP contribution is -2.40. The monoisotopic (exact) mass is 274 g/mol. The van der Waals surface area contributed by atoms with Gasteiger partial charge >= 0.3 is 6.09 Å². The number of rotatable bonds is 0. The third-order valence-electron chi connectivity index (χ3n) is 3.33. The van der Waals surface area contributed by atoms with Crippen LogP contribution < -0.4 is 0 Å². The summed E-state index contributed by atoms with van der Waals surface area (Å²) in [7, 11) is 0. The van der Waals surface area contributed by atoms with E-state index in [0.717, 1.165) is 23.0 Å². The van der Waals surface area contributed by atoms with E-state index in [1.54, 1.807) is 11.1 Å². The number of nitrogens with zero attached hydrogens (tertiary/aromatic N) is 3. The van der Waals surface area contributed by atoms with Crippen LogP contribution in [-0.2, 0) is 17.7 Å². The topological polar surface area (TPSA) is 71.1 Å². The van der Waals surface area contributed by atoms with Gasteiger partial charge in [-0.05, 0) is 38.3 Å². The minimum atomic E-state index is -0.468. The van der Waals surface area contributed by atoms with Gasteiger partial charge in [0.2, 0.25) is 0 Å². The molecule has 0 radical (unpaired) electrons.